The van der Waals surface area contributed by atoms with Gasteiger partial charge in [-0.05, 0) is 48.2 Å². The second-order valence-electron chi connectivity index (χ2n) is 8.26. The number of carbonyl (C=O) groups excluding carboxylic acids is 2. The van der Waals surface area contributed by atoms with Crippen LogP contribution in [0.25, 0.3) is 0 Å². The predicted molar refractivity (Wildman–Crippen MR) is 133 cm³/mol. The Morgan fingerprint density at radius 2 is 1.28 bits per heavy atom. The molecule has 0 fully saturated rings. The zero-order chi connectivity index (χ0) is 26.7. The molecule has 0 unspecified atom stereocenters. The van der Waals surface area contributed by atoms with Crippen molar-refractivity contribution < 1.29 is 29.7 Å². The van der Waals surface area contributed by atoms with Gasteiger partial charge >= 0.3 is 5.97 Å². The van der Waals surface area contributed by atoms with E-state index in [1.165, 1.54) is 24.3 Å². The molecule has 2 amide bonds. The number of phenols is 2. The second kappa shape index (κ2) is 13.5. The lowest BCUT2D eigenvalue weighted by Gasteiger charge is -2.23. The fourth-order valence-corrected chi connectivity index (χ4v) is 3.35. The number of aliphatic carboxylic acids is 1. The molecular weight excluding hydrogens is 468 g/mol. The number of phenolic OH excluding ortho intramolecular Hbond substituents is 2. The van der Waals surface area contributed by atoms with Crippen LogP contribution in [0.1, 0.15) is 24.0 Å². The minimum atomic E-state index is -1.28. The smallest absolute Gasteiger partial charge is 0.326 e. The van der Waals surface area contributed by atoms with Gasteiger partial charge in [-0.1, -0.05) is 24.3 Å². The molecule has 0 saturated heterocycles. The Labute approximate surface area is 208 Å². The number of carboxylic acid groups (broad SMARTS) is 1. The molecule has 194 valence electrons. The highest BCUT2D eigenvalue weighted by atomic mass is 16.4. The van der Waals surface area contributed by atoms with Crippen LogP contribution in [0.5, 0.6) is 11.5 Å². The van der Waals surface area contributed by atoms with E-state index >= 15 is 0 Å². The molecule has 12 heteroatoms. The van der Waals surface area contributed by atoms with Gasteiger partial charge in [-0.2, -0.15) is 0 Å². The molecule has 2 aromatic rings. The first-order valence-electron chi connectivity index (χ1n) is 11.3. The standard InChI is InChI=1S/C24H32N6O6/c25-18(2-1-11-28-24(26)27)21(33)29-19(12-14-3-7-16(31)8-4-14)22(34)30-20(23(35)36)13-15-5-9-17(32)10-6-15/h3-10,18-20,31-32H,1-2,11-13,25H2,(H,29,33)(H,30,34)(H,35,36)(H4,26,27,28)/t18-,19-,20-/m0/s1. The number of nitrogens with one attached hydrogen (secondary N) is 2. The van der Waals surface area contributed by atoms with Crippen LogP contribution in [0.3, 0.4) is 0 Å². The summed E-state index contributed by atoms with van der Waals surface area (Å²) in [6.07, 6.45) is 0.694. The summed E-state index contributed by atoms with van der Waals surface area (Å²) in [5.74, 6) is -2.58. The van der Waals surface area contributed by atoms with Crippen molar-refractivity contribution >= 4 is 23.7 Å². The average molecular weight is 501 g/mol. The Hall–Kier alpha value is -4.32. The van der Waals surface area contributed by atoms with E-state index in [4.69, 9.17) is 17.2 Å². The molecule has 0 aliphatic heterocycles. The summed E-state index contributed by atoms with van der Waals surface area (Å²) in [6.45, 7) is 0.290. The minimum absolute atomic E-state index is 0.0287. The maximum Gasteiger partial charge on any atom is 0.326 e. The van der Waals surface area contributed by atoms with Gasteiger partial charge in [0.25, 0.3) is 0 Å². The van der Waals surface area contributed by atoms with E-state index in [2.05, 4.69) is 15.6 Å². The monoisotopic (exact) mass is 500 g/mol. The number of guanidine groups is 1. The fraction of sp³-hybridized carbons (Fsp3) is 0.333. The zero-order valence-electron chi connectivity index (χ0n) is 19.6. The first kappa shape index (κ1) is 27.9. The lowest BCUT2D eigenvalue weighted by Crippen LogP contribution is -2.55. The summed E-state index contributed by atoms with van der Waals surface area (Å²) >= 11 is 0. The highest BCUT2D eigenvalue weighted by molar-refractivity contribution is 5.92. The third-order valence-corrected chi connectivity index (χ3v) is 5.30. The fourth-order valence-electron chi connectivity index (χ4n) is 3.35. The van der Waals surface area contributed by atoms with Crippen LogP contribution in [-0.2, 0) is 27.2 Å². The van der Waals surface area contributed by atoms with Gasteiger partial charge in [0.05, 0.1) is 6.04 Å². The highest BCUT2D eigenvalue weighted by Gasteiger charge is 2.28. The van der Waals surface area contributed by atoms with Crippen LogP contribution in [0.4, 0.5) is 0 Å². The molecule has 36 heavy (non-hydrogen) atoms. The summed E-state index contributed by atoms with van der Waals surface area (Å²) in [5, 5.41) is 33.7. The number of nitrogens with two attached hydrogens (primary N) is 3. The summed E-state index contributed by atoms with van der Waals surface area (Å²) in [5.41, 5.74) is 17.7. The number of carbonyl (C=O) groups is 3. The van der Waals surface area contributed by atoms with E-state index in [9.17, 15) is 29.7 Å². The number of carboxylic acids is 1. The van der Waals surface area contributed by atoms with Gasteiger partial charge in [0.15, 0.2) is 5.96 Å². The number of benzene rings is 2. The Bertz CT molecular complexity index is 1050. The van der Waals surface area contributed by atoms with Gasteiger partial charge in [-0.25, -0.2) is 4.79 Å². The number of amides is 2. The SMILES string of the molecule is NC(N)=NCCC[C@H](N)C(=O)N[C@@H](Cc1ccc(O)cc1)C(=O)N[C@@H](Cc1ccc(O)cc1)C(=O)O. The van der Waals surface area contributed by atoms with Crippen molar-refractivity contribution in [1.29, 1.82) is 0 Å². The number of aliphatic imine (C=N–C) groups is 1. The van der Waals surface area contributed by atoms with Crippen molar-refractivity contribution in [2.45, 2.75) is 43.8 Å². The first-order valence-corrected chi connectivity index (χ1v) is 11.3. The normalized spacial score (nSPS) is 13.1. The lowest BCUT2D eigenvalue weighted by atomic mass is 10.0. The quantitative estimate of drug-likeness (QED) is 0.0988. The summed E-state index contributed by atoms with van der Waals surface area (Å²) < 4.78 is 0. The van der Waals surface area contributed by atoms with Crippen molar-refractivity contribution in [1.82, 2.24) is 10.6 Å². The number of hydrogen-bond acceptors (Lipinski definition) is 7. The lowest BCUT2D eigenvalue weighted by molar-refractivity contribution is -0.142. The number of rotatable bonds is 13. The highest BCUT2D eigenvalue weighted by Crippen LogP contribution is 2.14. The summed E-state index contributed by atoms with van der Waals surface area (Å²) in [4.78, 5) is 41.4. The average Bonchev–Trinajstić information content (AvgIpc) is 2.83. The number of aromatic hydroxyl groups is 2. The molecular formula is C24H32N6O6. The first-order chi connectivity index (χ1) is 17.0. The Morgan fingerprint density at radius 3 is 1.75 bits per heavy atom. The van der Waals surface area contributed by atoms with E-state index in [0.29, 0.717) is 17.5 Å². The Balaban J connectivity index is 2.12. The van der Waals surface area contributed by atoms with E-state index in [-0.39, 0.29) is 43.3 Å². The van der Waals surface area contributed by atoms with Gasteiger partial charge in [-0.3, -0.25) is 14.6 Å². The van der Waals surface area contributed by atoms with Crippen molar-refractivity contribution in [3.63, 3.8) is 0 Å². The maximum atomic E-state index is 13.1. The summed E-state index contributed by atoms with van der Waals surface area (Å²) in [7, 11) is 0. The van der Waals surface area contributed by atoms with Crippen LogP contribution < -0.4 is 27.8 Å². The number of nitrogens with zero attached hydrogens (tertiary/aromatic N) is 1. The van der Waals surface area contributed by atoms with Crippen LogP contribution in [0.15, 0.2) is 53.5 Å². The van der Waals surface area contributed by atoms with Gasteiger partial charge in [0.1, 0.15) is 23.6 Å². The molecule has 12 nitrogen and oxygen atoms in total. The summed E-state index contributed by atoms with van der Waals surface area (Å²) in [6, 6.07) is 8.62. The topological polar surface area (TPSA) is 226 Å². The zero-order valence-corrected chi connectivity index (χ0v) is 19.6. The van der Waals surface area contributed by atoms with E-state index in [1.54, 1.807) is 24.3 Å². The number of hydrogen-bond donors (Lipinski definition) is 8. The van der Waals surface area contributed by atoms with E-state index in [1.807, 2.05) is 0 Å². The Kier molecular flexibility index (Phi) is 10.5. The molecule has 0 spiro atoms. The molecule has 0 saturated carbocycles. The third-order valence-electron chi connectivity index (χ3n) is 5.30. The van der Waals surface area contributed by atoms with Crippen LogP contribution >= 0.6 is 0 Å². The van der Waals surface area contributed by atoms with Crippen LogP contribution in [0, 0.1) is 0 Å². The molecule has 0 aliphatic rings. The second-order valence-corrected chi connectivity index (χ2v) is 8.26. The van der Waals surface area contributed by atoms with Crippen molar-refractivity contribution in [3.05, 3.63) is 59.7 Å². The van der Waals surface area contributed by atoms with Crippen molar-refractivity contribution in [3.8, 4) is 11.5 Å². The molecule has 2 aromatic carbocycles. The predicted octanol–water partition coefficient (Wildman–Crippen LogP) is -0.682. The van der Waals surface area contributed by atoms with E-state index < -0.39 is 35.9 Å². The molecule has 11 N–H and O–H groups in total. The third kappa shape index (κ3) is 9.50. The van der Waals surface area contributed by atoms with Crippen LogP contribution in [-0.4, -0.2) is 63.7 Å². The molecule has 0 aromatic heterocycles. The van der Waals surface area contributed by atoms with Crippen LogP contribution in [0.2, 0.25) is 0 Å². The van der Waals surface area contributed by atoms with Gasteiger partial charge in [0, 0.05) is 19.4 Å². The molecule has 0 bridgehead atoms. The molecule has 0 aliphatic carbocycles. The molecule has 3 atom stereocenters. The van der Waals surface area contributed by atoms with Gasteiger partial charge in [-0.15, -0.1) is 0 Å². The van der Waals surface area contributed by atoms with Crippen molar-refractivity contribution in [2.24, 2.45) is 22.2 Å². The van der Waals surface area contributed by atoms with Gasteiger partial charge in [0.2, 0.25) is 11.8 Å². The largest absolute Gasteiger partial charge is 0.508 e. The molecule has 0 radical (unpaired) electrons. The molecule has 0 heterocycles. The maximum absolute atomic E-state index is 13.1. The minimum Gasteiger partial charge on any atom is -0.508 e. The van der Waals surface area contributed by atoms with Crippen molar-refractivity contribution in [2.75, 3.05) is 6.54 Å². The van der Waals surface area contributed by atoms with E-state index in [0.717, 1.165) is 0 Å². The molecule has 2 rings (SSSR count). The Morgan fingerprint density at radius 1 is 0.806 bits per heavy atom. The van der Waals surface area contributed by atoms with Gasteiger partial charge < -0.3 is 43.2 Å².